The molecule has 16 heavy (non-hydrogen) atoms. The van der Waals surface area contributed by atoms with E-state index in [2.05, 4.69) is 4.74 Å². The van der Waals surface area contributed by atoms with Crippen LogP contribution in [-0.2, 0) is 9.53 Å². The maximum Gasteiger partial charge on any atom is 0.348 e. The molecule has 0 fully saturated rings. The van der Waals surface area contributed by atoms with Crippen LogP contribution in [0.4, 0.5) is 5.00 Å². The molecule has 0 unspecified atom stereocenters. The molecule has 0 aliphatic carbocycles. The van der Waals surface area contributed by atoms with Crippen molar-refractivity contribution in [2.75, 3.05) is 7.11 Å². The van der Waals surface area contributed by atoms with Crippen LogP contribution in [0.3, 0.4) is 0 Å². The minimum atomic E-state index is -0.765. The summed E-state index contributed by atoms with van der Waals surface area (Å²) in [5, 5.41) is 19.0. The van der Waals surface area contributed by atoms with Gasteiger partial charge < -0.3 is 4.74 Å². The molecule has 0 saturated heterocycles. The molecule has 0 radical (unpaired) electrons. The molecule has 1 aromatic rings. The Morgan fingerprint density at radius 2 is 2.38 bits per heavy atom. The molecule has 0 spiro atoms. The SMILES string of the molecule is COC(=O)/C(C#N)=C\c1ccc([N+](=O)[O-])s1. The van der Waals surface area contributed by atoms with Gasteiger partial charge in [-0.2, -0.15) is 5.26 Å². The zero-order valence-corrected chi connectivity index (χ0v) is 8.98. The van der Waals surface area contributed by atoms with Crippen LogP contribution in [0.5, 0.6) is 0 Å². The summed E-state index contributed by atoms with van der Waals surface area (Å²) >= 11 is 0.878. The van der Waals surface area contributed by atoms with Crippen LogP contribution in [-0.4, -0.2) is 18.0 Å². The molecule has 0 bridgehead atoms. The summed E-state index contributed by atoms with van der Waals surface area (Å²) in [6.07, 6.45) is 1.25. The first-order valence-corrected chi connectivity index (χ1v) is 4.84. The van der Waals surface area contributed by atoms with Crippen molar-refractivity contribution in [3.63, 3.8) is 0 Å². The number of nitriles is 1. The molecule has 0 aliphatic heterocycles. The van der Waals surface area contributed by atoms with Crippen LogP contribution in [0, 0.1) is 21.4 Å². The van der Waals surface area contributed by atoms with Gasteiger partial charge in [0.15, 0.2) is 0 Å². The fourth-order valence-corrected chi connectivity index (χ4v) is 1.67. The van der Waals surface area contributed by atoms with Gasteiger partial charge in [0, 0.05) is 10.9 Å². The average molecular weight is 238 g/mol. The largest absolute Gasteiger partial charge is 0.465 e. The lowest BCUT2D eigenvalue weighted by Gasteiger charge is -1.93. The molecule has 1 rings (SSSR count). The predicted octanol–water partition coefficient (Wildman–Crippen LogP) is 1.74. The van der Waals surface area contributed by atoms with Gasteiger partial charge in [0.05, 0.1) is 12.0 Å². The van der Waals surface area contributed by atoms with Crippen LogP contribution in [0.15, 0.2) is 17.7 Å². The second-order valence-electron chi connectivity index (χ2n) is 2.59. The number of ether oxygens (including phenoxy) is 1. The molecule has 0 aromatic carbocycles. The van der Waals surface area contributed by atoms with Crippen molar-refractivity contribution in [2.24, 2.45) is 0 Å². The number of thiophene rings is 1. The van der Waals surface area contributed by atoms with E-state index in [-0.39, 0.29) is 10.6 Å². The van der Waals surface area contributed by atoms with E-state index < -0.39 is 10.9 Å². The maximum absolute atomic E-state index is 11.0. The topological polar surface area (TPSA) is 93.2 Å². The summed E-state index contributed by atoms with van der Waals surface area (Å²) in [5.74, 6) is -0.765. The molecule has 6 nitrogen and oxygen atoms in total. The highest BCUT2D eigenvalue weighted by molar-refractivity contribution is 7.16. The van der Waals surface area contributed by atoms with Crippen molar-refractivity contribution in [3.05, 3.63) is 32.7 Å². The Kier molecular flexibility index (Phi) is 3.74. The lowest BCUT2D eigenvalue weighted by molar-refractivity contribution is -0.380. The molecule has 0 saturated carbocycles. The van der Waals surface area contributed by atoms with Crippen molar-refractivity contribution in [3.8, 4) is 6.07 Å². The summed E-state index contributed by atoms with van der Waals surface area (Å²) in [5.41, 5.74) is -0.195. The first-order chi connectivity index (χ1) is 7.58. The van der Waals surface area contributed by atoms with E-state index >= 15 is 0 Å². The van der Waals surface area contributed by atoms with Gasteiger partial charge in [0.2, 0.25) is 0 Å². The lowest BCUT2D eigenvalue weighted by Crippen LogP contribution is -2.02. The van der Waals surface area contributed by atoms with Gasteiger partial charge in [0.1, 0.15) is 11.6 Å². The Morgan fingerprint density at radius 1 is 1.69 bits per heavy atom. The van der Waals surface area contributed by atoms with E-state index in [0.717, 1.165) is 18.4 Å². The Morgan fingerprint density at radius 3 is 2.81 bits per heavy atom. The normalized spacial score (nSPS) is 10.6. The van der Waals surface area contributed by atoms with Gasteiger partial charge in [-0.3, -0.25) is 10.1 Å². The van der Waals surface area contributed by atoms with Gasteiger partial charge >= 0.3 is 11.0 Å². The number of carbonyl (C=O) groups is 1. The summed E-state index contributed by atoms with van der Waals surface area (Å²) in [7, 11) is 1.16. The minimum absolute atomic E-state index is 0.0478. The van der Waals surface area contributed by atoms with Crippen molar-refractivity contribution in [2.45, 2.75) is 0 Å². The Labute approximate surface area is 94.5 Å². The van der Waals surface area contributed by atoms with Crippen LogP contribution in [0.25, 0.3) is 6.08 Å². The number of methoxy groups -OCH3 is 1. The van der Waals surface area contributed by atoms with Gasteiger partial charge in [0.25, 0.3) is 0 Å². The van der Waals surface area contributed by atoms with Gasteiger partial charge in [-0.25, -0.2) is 4.79 Å². The van der Waals surface area contributed by atoms with E-state index in [1.165, 1.54) is 18.2 Å². The third-order valence-electron chi connectivity index (χ3n) is 1.60. The zero-order chi connectivity index (χ0) is 12.1. The van der Waals surface area contributed by atoms with Crippen molar-refractivity contribution in [1.82, 2.24) is 0 Å². The number of hydrogen-bond donors (Lipinski definition) is 0. The van der Waals surface area contributed by atoms with Crippen LogP contribution in [0.2, 0.25) is 0 Å². The quantitative estimate of drug-likeness (QED) is 0.263. The third kappa shape index (κ3) is 2.65. The van der Waals surface area contributed by atoms with Crippen LogP contribution >= 0.6 is 11.3 Å². The minimum Gasteiger partial charge on any atom is -0.465 e. The van der Waals surface area contributed by atoms with E-state index in [9.17, 15) is 14.9 Å². The van der Waals surface area contributed by atoms with E-state index in [1.807, 2.05) is 0 Å². The second-order valence-corrected chi connectivity index (χ2v) is 3.69. The second kappa shape index (κ2) is 5.04. The highest BCUT2D eigenvalue weighted by Gasteiger charge is 2.12. The summed E-state index contributed by atoms with van der Waals surface area (Å²) in [4.78, 5) is 21.4. The first-order valence-electron chi connectivity index (χ1n) is 4.03. The van der Waals surface area contributed by atoms with E-state index in [0.29, 0.717) is 4.88 Å². The zero-order valence-electron chi connectivity index (χ0n) is 8.17. The van der Waals surface area contributed by atoms with Crippen molar-refractivity contribution >= 4 is 28.4 Å². The van der Waals surface area contributed by atoms with E-state index in [4.69, 9.17) is 5.26 Å². The molecule has 0 N–H and O–H groups in total. The average Bonchev–Trinajstić information content (AvgIpc) is 2.73. The molecule has 0 aliphatic rings. The number of nitro groups is 1. The molecule has 82 valence electrons. The Hall–Kier alpha value is -2.20. The number of carbonyl (C=O) groups excluding carboxylic acids is 1. The molecular weight excluding hydrogens is 232 g/mol. The Balaban J connectivity index is 3.01. The third-order valence-corrected chi connectivity index (χ3v) is 2.59. The number of hydrogen-bond acceptors (Lipinski definition) is 6. The lowest BCUT2D eigenvalue weighted by atomic mass is 10.2. The van der Waals surface area contributed by atoms with Crippen molar-refractivity contribution < 1.29 is 14.5 Å². The summed E-state index contributed by atoms with van der Waals surface area (Å²) in [6, 6.07) is 4.43. The van der Waals surface area contributed by atoms with E-state index in [1.54, 1.807) is 6.07 Å². The Bertz CT molecular complexity index is 498. The molecule has 7 heteroatoms. The number of rotatable bonds is 3. The maximum atomic E-state index is 11.0. The smallest absolute Gasteiger partial charge is 0.348 e. The van der Waals surface area contributed by atoms with Crippen LogP contribution in [0.1, 0.15) is 4.88 Å². The molecule has 1 heterocycles. The molecule has 0 amide bonds. The van der Waals surface area contributed by atoms with Crippen LogP contribution < -0.4 is 0 Å². The highest BCUT2D eigenvalue weighted by Crippen LogP contribution is 2.25. The van der Waals surface area contributed by atoms with Gasteiger partial charge in [-0.05, 0) is 12.1 Å². The first kappa shape index (κ1) is 11.9. The number of nitrogens with zero attached hydrogens (tertiary/aromatic N) is 2. The number of esters is 1. The molecule has 1 aromatic heterocycles. The molecular formula is C9H6N2O4S. The van der Waals surface area contributed by atoms with Crippen molar-refractivity contribution in [1.29, 1.82) is 5.26 Å². The molecule has 0 atom stereocenters. The monoisotopic (exact) mass is 238 g/mol. The summed E-state index contributed by atoms with van der Waals surface area (Å²) < 4.78 is 4.37. The standard InChI is InChI=1S/C9H6N2O4S/c1-15-9(12)6(5-10)4-7-2-3-8(16-7)11(13)14/h2-4H,1H3/b6-4-. The van der Waals surface area contributed by atoms with Gasteiger partial charge in [-0.15, -0.1) is 0 Å². The highest BCUT2D eigenvalue weighted by atomic mass is 32.1. The summed E-state index contributed by atoms with van der Waals surface area (Å²) in [6.45, 7) is 0. The fourth-order valence-electron chi connectivity index (χ4n) is 0.907. The van der Waals surface area contributed by atoms with Gasteiger partial charge in [-0.1, -0.05) is 11.3 Å². The predicted molar refractivity (Wildman–Crippen MR) is 56.6 cm³/mol. The fraction of sp³-hybridized carbons (Fsp3) is 0.111.